The first-order chi connectivity index (χ1) is 15.9. The maximum absolute atomic E-state index is 12.7. The number of aryl methyl sites for hydroxylation is 4. The van der Waals surface area contributed by atoms with E-state index in [1.54, 1.807) is 0 Å². The standard InChI is InChI=1S/C25H31ClN4O2S/c1-6-18-10-9-11-19(7-2)24(18)27-22(31)15-33-25-29-28-21(30(25)8-3)14-32-20-12-16(4)23(26)17(5)13-20/h9-13H,6-8,14-15H2,1-5H3,(H,27,31). The molecule has 33 heavy (non-hydrogen) atoms. The van der Waals surface area contributed by atoms with Crippen molar-refractivity contribution in [1.29, 1.82) is 0 Å². The number of rotatable bonds is 10. The quantitative estimate of drug-likeness (QED) is 0.356. The van der Waals surface area contributed by atoms with Crippen molar-refractivity contribution in [3.8, 4) is 5.75 Å². The highest BCUT2D eigenvalue weighted by molar-refractivity contribution is 7.99. The smallest absolute Gasteiger partial charge is 0.234 e. The van der Waals surface area contributed by atoms with Gasteiger partial charge < -0.3 is 14.6 Å². The van der Waals surface area contributed by atoms with Gasteiger partial charge in [-0.15, -0.1) is 10.2 Å². The second-order valence-electron chi connectivity index (χ2n) is 7.80. The van der Waals surface area contributed by atoms with E-state index < -0.39 is 0 Å². The van der Waals surface area contributed by atoms with Gasteiger partial charge in [0.25, 0.3) is 0 Å². The minimum Gasteiger partial charge on any atom is -0.486 e. The zero-order valence-electron chi connectivity index (χ0n) is 19.9. The van der Waals surface area contributed by atoms with Crippen LogP contribution in [0, 0.1) is 13.8 Å². The van der Waals surface area contributed by atoms with Gasteiger partial charge in [0.15, 0.2) is 11.0 Å². The lowest BCUT2D eigenvalue weighted by Gasteiger charge is -2.14. The van der Waals surface area contributed by atoms with Gasteiger partial charge in [-0.1, -0.05) is 55.4 Å². The molecule has 1 heterocycles. The summed E-state index contributed by atoms with van der Waals surface area (Å²) in [5.41, 5.74) is 5.18. The number of hydrogen-bond donors (Lipinski definition) is 1. The lowest BCUT2D eigenvalue weighted by atomic mass is 10.0. The third kappa shape index (κ3) is 6.09. The molecule has 0 bridgehead atoms. The van der Waals surface area contributed by atoms with Crippen LogP contribution in [0.3, 0.4) is 0 Å². The van der Waals surface area contributed by atoms with Crippen molar-refractivity contribution < 1.29 is 9.53 Å². The van der Waals surface area contributed by atoms with Gasteiger partial charge in [-0.3, -0.25) is 4.79 Å². The van der Waals surface area contributed by atoms with Crippen molar-refractivity contribution in [2.75, 3.05) is 11.1 Å². The normalized spacial score (nSPS) is 11.0. The number of thioether (sulfide) groups is 1. The number of carbonyl (C=O) groups excluding carboxylic acids is 1. The summed E-state index contributed by atoms with van der Waals surface area (Å²) in [5.74, 6) is 1.67. The van der Waals surface area contributed by atoms with Crippen LogP contribution in [0.15, 0.2) is 35.5 Å². The number of nitrogens with zero attached hydrogens (tertiary/aromatic N) is 3. The van der Waals surface area contributed by atoms with Crippen molar-refractivity contribution in [3.05, 3.63) is 63.4 Å². The molecule has 1 aromatic heterocycles. The lowest BCUT2D eigenvalue weighted by Crippen LogP contribution is -2.17. The molecule has 176 valence electrons. The molecule has 0 saturated heterocycles. The summed E-state index contributed by atoms with van der Waals surface area (Å²) < 4.78 is 7.93. The van der Waals surface area contributed by atoms with E-state index in [1.165, 1.54) is 11.8 Å². The van der Waals surface area contributed by atoms with Crippen LogP contribution in [0.25, 0.3) is 0 Å². The molecule has 0 unspecified atom stereocenters. The van der Waals surface area contributed by atoms with E-state index in [2.05, 4.69) is 41.5 Å². The maximum Gasteiger partial charge on any atom is 0.234 e. The number of benzene rings is 2. The molecule has 0 spiro atoms. The number of aromatic nitrogens is 3. The Morgan fingerprint density at radius 2 is 1.73 bits per heavy atom. The molecule has 0 fully saturated rings. The van der Waals surface area contributed by atoms with Crippen LogP contribution in [0.2, 0.25) is 5.02 Å². The molecule has 8 heteroatoms. The predicted molar refractivity (Wildman–Crippen MR) is 136 cm³/mol. The summed E-state index contributed by atoms with van der Waals surface area (Å²) in [5, 5.41) is 13.1. The highest BCUT2D eigenvalue weighted by Crippen LogP contribution is 2.27. The van der Waals surface area contributed by atoms with E-state index in [0.717, 1.165) is 57.4 Å². The Balaban J connectivity index is 1.64. The topological polar surface area (TPSA) is 69.0 Å². The Morgan fingerprint density at radius 3 is 2.30 bits per heavy atom. The number of halogens is 1. The minimum absolute atomic E-state index is 0.0498. The van der Waals surface area contributed by atoms with Crippen LogP contribution < -0.4 is 10.1 Å². The zero-order chi connectivity index (χ0) is 24.0. The molecule has 6 nitrogen and oxygen atoms in total. The van der Waals surface area contributed by atoms with Gasteiger partial charge in [0.05, 0.1) is 5.75 Å². The van der Waals surface area contributed by atoms with Gasteiger partial charge in [0.1, 0.15) is 12.4 Å². The summed E-state index contributed by atoms with van der Waals surface area (Å²) in [6, 6.07) is 10.0. The number of carbonyl (C=O) groups is 1. The number of hydrogen-bond acceptors (Lipinski definition) is 5. The van der Waals surface area contributed by atoms with E-state index >= 15 is 0 Å². The average Bonchev–Trinajstić information content (AvgIpc) is 3.21. The van der Waals surface area contributed by atoms with E-state index in [4.69, 9.17) is 16.3 Å². The van der Waals surface area contributed by atoms with Crippen molar-refractivity contribution in [3.63, 3.8) is 0 Å². The molecule has 0 atom stereocenters. The number of nitrogens with one attached hydrogen (secondary N) is 1. The molecule has 0 radical (unpaired) electrons. The Kier molecular flexibility index (Phi) is 8.80. The first-order valence-corrected chi connectivity index (χ1v) is 12.6. The second-order valence-corrected chi connectivity index (χ2v) is 9.12. The lowest BCUT2D eigenvalue weighted by molar-refractivity contribution is -0.113. The maximum atomic E-state index is 12.7. The molecule has 0 aliphatic carbocycles. The average molecular weight is 487 g/mol. The summed E-state index contributed by atoms with van der Waals surface area (Å²) in [7, 11) is 0. The van der Waals surface area contributed by atoms with Crippen molar-refractivity contribution in [1.82, 2.24) is 14.8 Å². The molecule has 1 N–H and O–H groups in total. The molecule has 0 aliphatic rings. The van der Waals surface area contributed by atoms with Gasteiger partial charge in [-0.25, -0.2) is 0 Å². The number of anilines is 1. The summed E-state index contributed by atoms with van der Waals surface area (Å²) in [4.78, 5) is 12.7. The van der Waals surface area contributed by atoms with Crippen LogP contribution in [0.1, 0.15) is 48.8 Å². The molecule has 0 saturated carbocycles. The van der Waals surface area contributed by atoms with Gasteiger partial charge in [-0.05, 0) is 68.0 Å². The van der Waals surface area contributed by atoms with E-state index in [9.17, 15) is 4.79 Å². The Morgan fingerprint density at radius 1 is 1.09 bits per heavy atom. The predicted octanol–water partition coefficient (Wildman–Crippen LogP) is 6.00. The fourth-order valence-corrected chi connectivity index (χ4v) is 4.63. The van der Waals surface area contributed by atoms with E-state index in [1.807, 2.05) is 43.5 Å². The monoisotopic (exact) mass is 486 g/mol. The fourth-order valence-electron chi connectivity index (χ4n) is 3.70. The minimum atomic E-state index is -0.0498. The van der Waals surface area contributed by atoms with Gasteiger partial charge in [0, 0.05) is 17.3 Å². The molecular weight excluding hydrogens is 456 g/mol. The number of para-hydroxylation sites is 1. The van der Waals surface area contributed by atoms with Crippen LogP contribution in [-0.4, -0.2) is 26.4 Å². The zero-order valence-corrected chi connectivity index (χ0v) is 21.4. The first-order valence-electron chi connectivity index (χ1n) is 11.2. The number of amides is 1. The van der Waals surface area contributed by atoms with Gasteiger partial charge in [-0.2, -0.15) is 0 Å². The van der Waals surface area contributed by atoms with Crippen LogP contribution >= 0.6 is 23.4 Å². The first kappa shape index (κ1) is 25.1. The fraction of sp³-hybridized carbons (Fsp3) is 0.400. The largest absolute Gasteiger partial charge is 0.486 e. The van der Waals surface area contributed by atoms with Crippen LogP contribution in [0.4, 0.5) is 5.69 Å². The third-order valence-electron chi connectivity index (χ3n) is 5.48. The van der Waals surface area contributed by atoms with E-state index in [0.29, 0.717) is 11.7 Å². The second kappa shape index (κ2) is 11.6. The van der Waals surface area contributed by atoms with Crippen LogP contribution in [-0.2, 0) is 30.8 Å². The molecule has 3 rings (SSSR count). The molecular formula is C25H31ClN4O2S. The third-order valence-corrected chi connectivity index (χ3v) is 7.05. The van der Waals surface area contributed by atoms with Crippen molar-refractivity contribution >= 4 is 35.0 Å². The molecule has 1 amide bonds. The van der Waals surface area contributed by atoms with Gasteiger partial charge in [0.2, 0.25) is 5.91 Å². The SMILES string of the molecule is CCc1cccc(CC)c1NC(=O)CSc1nnc(COc2cc(C)c(Cl)c(C)c2)n1CC. The molecule has 0 aliphatic heterocycles. The highest BCUT2D eigenvalue weighted by atomic mass is 35.5. The Hall–Kier alpha value is -2.51. The summed E-state index contributed by atoms with van der Waals surface area (Å²) in [6.07, 6.45) is 1.74. The van der Waals surface area contributed by atoms with Gasteiger partial charge >= 0.3 is 0 Å². The summed E-state index contributed by atoms with van der Waals surface area (Å²) in [6.45, 7) is 11.1. The van der Waals surface area contributed by atoms with Crippen LogP contribution in [0.5, 0.6) is 5.75 Å². The van der Waals surface area contributed by atoms with Crippen molar-refractivity contribution in [2.24, 2.45) is 0 Å². The number of ether oxygens (including phenoxy) is 1. The van der Waals surface area contributed by atoms with Crippen molar-refractivity contribution in [2.45, 2.75) is 65.8 Å². The Labute approximate surface area is 205 Å². The molecule has 3 aromatic rings. The summed E-state index contributed by atoms with van der Waals surface area (Å²) >= 11 is 7.62. The van der Waals surface area contributed by atoms with E-state index in [-0.39, 0.29) is 18.3 Å². The molecule has 2 aromatic carbocycles. The highest BCUT2D eigenvalue weighted by Gasteiger charge is 2.16. The Bertz CT molecular complexity index is 1080.